The largest absolute Gasteiger partial charge is 0.449 e. The molecule has 0 saturated heterocycles. The zero-order valence-corrected chi connectivity index (χ0v) is 61.5. The average Bonchev–Trinajstić information content (AvgIpc) is 0.730. The second-order valence-electron chi connectivity index (χ2n) is 28.9. The lowest BCUT2D eigenvalue weighted by Gasteiger charge is -2.28. The Morgan fingerprint density at radius 1 is 0.373 bits per heavy atom. The Balaban J connectivity index is 0.593. The third kappa shape index (κ3) is 20.7. The first-order valence-electron chi connectivity index (χ1n) is 39.1. The lowest BCUT2D eigenvalue weighted by atomic mass is 9.78. The molecule has 6 aromatic carbocycles. The van der Waals surface area contributed by atoms with Gasteiger partial charge in [-0.2, -0.15) is 0 Å². The van der Waals surface area contributed by atoms with Gasteiger partial charge in [0.1, 0.15) is 0 Å². The van der Waals surface area contributed by atoms with Gasteiger partial charge in [-0.1, -0.05) is 266 Å². The summed E-state index contributed by atoms with van der Waals surface area (Å²) in [5, 5.41) is 14.4. The summed E-state index contributed by atoms with van der Waals surface area (Å²) >= 11 is 0. The number of pyridine rings is 2. The lowest BCUT2D eigenvalue weighted by Crippen LogP contribution is -2.26. The van der Waals surface area contributed by atoms with Crippen molar-refractivity contribution in [3.63, 3.8) is 0 Å². The molecule has 2 heterocycles. The minimum absolute atomic E-state index is 0.0735. The van der Waals surface area contributed by atoms with Gasteiger partial charge in [-0.25, -0.2) is 9.59 Å². The van der Waals surface area contributed by atoms with Gasteiger partial charge in [0.2, 0.25) is 0 Å². The molecule has 2 aromatic heterocycles. The highest BCUT2D eigenvalue weighted by Gasteiger charge is 2.31. The van der Waals surface area contributed by atoms with Gasteiger partial charge in [0.15, 0.2) is 11.6 Å². The number of aryl methyl sites for hydroxylation is 2. The highest BCUT2D eigenvalue weighted by Crippen LogP contribution is 2.44. The highest BCUT2D eigenvalue weighted by atomic mass is 16.6. The number of benzene rings is 6. The number of fused-ring (bicyclic) bond motifs is 4. The fourth-order valence-electron chi connectivity index (χ4n) is 15.6. The fourth-order valence-corrected chi connectivity index (χ4v) is 15.6. The van der Waals surface area contributed by atoms with Crippen molar-refractivity contribution in [1.29, 1.82) is 0 Å². The molecule has 8 aromatic rings. The molecule has 4 N–H and O–H groups in total. The minimum atomic E-state index is -0.374. The van der Waals surface area contributed by atoms with Gasteiger partial charge in [0.05, 0.1) is 46.7 Å². The molecule has 0 spiro atoms. The van der Waals surface area contributed by atoms with Crippen molar-refractivity contribution in [2.24, 2.45) is 25.9 Å². The van der Waals surface area contributed by atoms with Crippen LogP contribution in [0, 0.1) is 11.8 Å². The summed E-state index contributed by atoms with van der Waals surface area (Å²) in [6.07, 6.45) is 39.0. The first-order chi connectivity index (χ1) is 49.9. The van der Waals surface area contributed by atoms with E-state index in [9.17, 15) is 28.8 Å². The minimum Gasteiger partial charge on any atom is -0.449 e. The molecule has 14 nitrogen and oxygen atoms in total. The second-order valence-corrected chi connectivity index (χ2v) is 28.9. The number of nitrogens with zero attached hydrogens (tertiary/aromatic N) is 2. The number of hydrogen-bond acceptors (Lipinski definition) is 10. The van der Waals surface area contributed by atoms with Crippen LogP contribution in [0.25, 0.3) is 44.1 Å². The number of unbranched alkanes of at least 4 members (excludes halogenated alkanes) is 22. The molecule has 10 rings (SSSR count). The fraction of sp³-hybridized carbons (Fsp3) is 0.477. The van der Waals surface area contributed by atoms with Crippen molar-refractivity contribution < 1.29 is 28.7 Å². The van der Waals surface area contributed by atoms with Gasteiger partial charge in [-0.3, -0.25) is 19.2 Å². The van der Waals surface area contributed by atoms with Crippen LogP contribution in [0.2, 0.25) is 0 Å². The predicted molar refractivity (Wildman–Crippen MR) is 419 cm³/mol. The summed E-state index contributed by atoms with van der Waals surface area (Å²) < 4.78 is 14.4. The number of carbonyl (C=O) groups excluding carboxylic acids is 4. The SMILES string of the molecule is CCCCCCCCCC(CCCCCCCCNC(=O)OCCc1ccc(Nc2ccc3c4c(cc(=O)n3C)-c3ccccc3C(=O)c24)cc1)C(CCCCCCCCC)CCCCCCCCNC(=O)OCCc1ccc(Nc2ccc3c4c(cc(=O)n3C)-c3ccccc3C(=O)c24)cc1. The summed E-state index contributed by atoms with van der Waals surface area (Å²) in [7, 11) is 3.47. The van der Waals surface area contributed by atoms with Gasteiger partial charge in [0, 0.05) is 85.4 Å². The molecule has 0 radical (unpaired) electrons. The van der Waals surface area contributed by atoms with Crippen molar-refractivity contribution in [2.75, 3.05) is 36.9 Å². The Morgan fingerprint density at radius 3 is 1.05 bits per heavy atom. The van der Waals surface area contributed by atoms with Crippen molar-refractivity contribution in [2.45, 2.75) is 219 Å². The van der Waals surface area contributed by atoms with E-state index in [-0.39, 0.29) is 48.1 Å². The number of alkyl carbamates (subject to hydrolysis) is 2. The number of aromatic nitrogens is 2. The molecule has 2 amide bonds. The van der Waals surface area contributed by atoms with Gasteiger partial charge >= 0.3 is 12.2 Å². The molecule has 2 aliphatic rings. The smallest absolute Gasteiger partial charge is 0.407 e. The first-order valence-corrected chi connectivity index (χ1v) is 39.1. The second kappa shape index (κ2) is 39.6. The van der Waals surface area contributed by atoms with Gasteiger partial charge < -0.3 is 39.9 Å². The molecule has 0 fully saturated rings. The Bertz CT molecular complexity index is 3920. The van der Waals surface area contributed by atoms with E-state index in [0.29, 0.717) is 59.6 Å². The average molecular weight is 1380 g/mol. The maximum atomic E-state index is 14.0. The van der Waals surface area contributed by atoms with E-state index >= 15 is 0 Å². The molecule has 2 unspecified atom stereocenters. The van der Waals surface area contributed by atoms with Gasteiger partial charge in [-0.05, 0) is 107 Å². The normalized spacial score (nSPS) is 12.7. The number of amides is 2. The van der Waals surface area contributed by atoms with E-state index in [2.05, 4.69) is 35.1 Å². The van der Waals surface area contributed by atoms with E-state index in [1.54, 1.807) is 35.4 Å². The summed E-state index contributed by atoms with van der Waals surface area (Å²) in [5.41, 5.74) is 11.7. The van der Waals surface area contributed by atoms with Crippen LogP contribution >= 0.6 is 0 Å². The maximum absolute atomic E-state index is 14.0. The van der Waals surface area contributed by atoms with Crippen molar-refractivity contribution in [3.05, 3.63) is 188 Å². The zero-order valence-electron chi connectivity index (χ0n) is 61.5. The van der Waals surface area contributed by atoms with Gasteiger partial charge in [-0.15, -0.1) is 0 Å². The Hall–Kier alpha value is -8.78. The molecule has 542 valence electrons. The number of nitrogens with one attached hydrogen (secondary N) is 4. The number of hydrogen-bond donors (Lipinski definition) is 4. The van der Waals surface area contributed by atoms with E-state index in [4.69, 9.17) is 9.47 Å². The molecular formula is C88H112N6O8. The third-order valence-electron chi connectivity index (χ3n) is 21.5. The molecule has 14 heteroatoms. The number of rotatable bonds is 45. The Morgan fingerprint density at radius 2 is 0.696 bits per heavy atom. The predicted octanol–water partition coefficient (Wildman–Crippen LogP) is 21.5. The number of ketones is 2. The first kappa shape index (κ1) is 75.9. The number of ether oxygens (including phenoxy) is 2. The molecule has 2 aliphatic carbocycles. The Labute approximate surface area is 605 Å². The third-order valence-corrected chi connectivity index (χ3v) is 21.5. The summed E-state index contributed by atoms with van der Waals surface area (Å²) in [6, 6.07) is 41.7. The van der Waals surface area contributed by atoms with Crippen LogP contribution in [-0.2, 0) is 36.4 Å². The Kier molecular flexibility index (Phi) is 29.5. The van der Waals surface area contributed by atoms with Crippen LogP contribution in [0.4, 0.5) is 32.3 Å². The van der Waals surface area contributed by atoms with E-state index < -0.39 is 0 Å². The molecule has 0 saturated carbocycles. The molecule has 2 atom stereocenters. The molecular weight excluding hydrogens is 1270 g/mol. The number of anilines is 4. The van der Waals surface area contributed by atoms with Crippen molar-refractivity contribution in [1.82, 2.24) is 19.8 Å². The van der Waals surface area contributed by atoms with Crippen LogP contribution in [0.5, 0.6) is 0 Å². The summed E-state index contributed by atoms with van der Waals surface area (Å²) in [4.78, 5) is 79.2. The summed E-state index contributed by atoms with van der Waals surface area (Å²) in [5.74, 6) is 1.48. The van der Waals surface area contributed by atoms with Crippen LogP contribution in [-0.4, -0.2) is 59.2 Å². The van der Waals surface area contributed by atoms with E-state index in [1.807, 2.05) is 121 Å². The monoisotopic (exact) mass is 1380 g/mol. The zero-order chi connectivity index (χ0) is 71.4. The summed E-state index contributed by atoms with van der Waals surface area (Å²) in [6.45, 7) is 6.39. The van der Waals surface area contributed by atoms with Crippen molar-refractivity contribution >= 4 is 68.3 Å². The standard InChI is InChI=1S/C88H112N6O8/c1-5-7-9-11-13-19-25-35-65(37-27-21-15-17-23-33-57-89-87(99)101-59-55-63-43-47-67(48-44-63)91-75-51-53-77-81-73(61-79(95)93(77)3)69-39-29-31-41-71(69)85(97)83(75)81)66(36-26-20-14-12-10-8-6-2)38-28-22-16-18-24-34-58-90-88(100)102-60-56-64-45-49-68(50-46-64)92-76-52-54-78-82-74(62-80(96)94(78)4)70-40-30-32-42-72(70)86(98)84(76)82/h29-32,39-54,61-62,65-66,91-92H,5-28,33-38,55-60H2,1-4H3,(H,89,99)(H,90,100). The van der Waals surface area contributed by atoms with E-state index in [1.165, 1.54) is 167 Å². The van der Waals surface area contributed by atoms with Crippen LogP contribution in [0.3, 0.4) is 0 Å². The van der Waals surface area contributed by atoms with Crippen LogP contribution < -0.4 is 32.4 Å². The molecule has 0 bridgehead atoms. The number of carbonyl (C=O) groups is 4. The van der Waals surface area contributed by atoms with Crippen LogP contribution in [0.1, 0.15) is 249 Å². The maximum Gasteiger partial charge on any atom is 0.407 e. The van der Waals surface area contributed by atoms with E-state index in [0.717, 1.165) is 104 Å². The highest BCUT2D eigenvalue weighted by molar-refractivity contribution is 6.29. The molecule has 0 aliphatic heterocycles. The quantitative estimate of drug-likeness (QED) is 0.0268. The van der Waals surface area contributed by atoms with Crippen molar-refractivity contribution in [3.8, 4) is 22.3 Å². The molecule has 102 heavy (non-hydrogen) atoms. The lowest BCUT2D eigenvalue weighted by molar-refractivity contribution is 0.103. The van der Waals surface area contributed by atoms with Crippen LogP contribution in [0.15, 0.2) is 143 Å². The van der Waals surface area contributed by atoms with Gasteiger partial charge in [0.25, 0.3) is 11.1 Å². The topological polar surface area (TPSA) is 179 Å².